The summed E-state index contributed by atoms with van der Waals surface area (Å²) in [6.45, 7) is 0. The van der Waals surface area contributed by atoms with E-state index in [0.717, 1.165) is 38.6 Å². The van der Waals surface area contributed by atoms with Crippen LogP contribution >= 0.6 is 0 Å². The lowest BCUT2D eigenvalue weighted by Gasteiger charge is -2.16. The van der Waals surface area contributed by atoms with Crippen LogP contribution < -0.4 is 4.57 Å². The molecular formula is C36H27N2O2+. The molecule has 0 aliphatic heterocycles. The molecule has 2 heterocycles. The first-order valence-electron chi connectivity index (χ1n) is 13.4. The van der Waals surface area contributed by atoms with E-state index in [9.17, 15) is 4.79 Å². The summed E-state index contributed by atoms with van der Waals surface area (Å²) in [5.41, 5.74) is 5.68. The van der Waals surface area contributed by atoms with Gasteiger partial charge >= 0.3 is 0 Å². The molecular weight excluding hydrogens is 492 g/mol. The van der Waals surface area contributed by atoms with Gasteiger partial charge in [-0.05, 0) is 18.2 Å². The van der Waals surface area contributed by atoms with Gasteiger partial charge in [-0.2, -0.15) is 0 Å². The Morgan fingerprint density at radius 3 is 2.00 bits per heavy atom. The second kappa shape index (κ2) is 10.2. The Hall–Kier alpha value is -5.22. The normalized spacial score (nSPS) is 12.9. The smallest absolute Gasteiger partial charge is 0.245 e. The van der Waals surface area contributed by atoms with Crippen LogP contribution in [0.2, 0.25) is 0 Å². The number of hydrogen-bond acceptors (Lipinski definition) is 2. The maximum absolute atomic E-state index is 13.9. The summed E-state index contributed by atoms with van der Waals surface area (Å²) in [5.74, 6) is 0.0529. The van der Waals surface area contributed by atoms with Gasteiger partial charge in [0.1, 0.15) is 23.6 Å². The van der Waals surface area contributed by atoms with Crippen LogP contribution in [0.25, 0.3) is 21.9 Å². The second-order valence-electron chi connectivity index (χ2n) is 10.0. The first-order chi connectivity index (χ1) is 19.8. The van der Waals surface area contributed by atoms with Gasteiger partial charge in [0.15, 0.2) is 12.1 Å². The summed E-state index contributed by atoms with van der Waals surface area (Å²) in [5, 5.41) is 2.20. The third kappa shape index (κ3) is 4.30. The Labute approximate surface area is 232 Å². The van der Waals surface area contributed by atoms with E-state index in [1.807, 2.05) is 102 Å². The molecule has 192 valence electrons. The molecule has 7 rings (SSSR count). The quantitative estimate of drug-likeness (QED) is 0.159. The summed E-state index contributed by atoms with van der Waals surface area (Å²) in [7, 11) is 0. The molecule has 0 N–H and O–H groups in total. The van der Waals surface area contributed by atoms with Gasteiger partial charge < -0.3 is 4.42 Å². The molecule has 2 unspecified atom stereocenters. The Morgan fingerprint density at radius 2 is 1.25 bits per heavy atom. The number of Topliss-reactive ketones (excluding diaryl/α,β-unsaturated/α-hetero) is 1. The summed E-state index contributed by atoms with van der Waals surface area (Å²) in [6.07, 6.45) is 6.11. The number of ketones is 1. The highest BCUT2D eigenvalue weighted by atomic mass is 16.3. The molecule has 0 radical (unpaired) electrons. The summed E-state index contributed by atoms with van der Waals surface area (Å²) < 4.78 is 10.3. The second-order valence-corrected chi connectivity index (χ2v) is 10.0. The molecule has 0 spiro atoms. The van der Waals surface area contributed by atoms with Crippen molar-refractivity contribution in [3.8, 4) is 0 Å². The number of imidazole rings is 1. The Morgan fingerprint density at radius 1 is 0.625 bits per heavy atom. The van der Waals surface area contributed by atoms with Crippen LogP contribution in [-0.2, 0) is 0 Å². The van der Waals surface area contributed by atoms with E-state index in [0.29, 0.717) is 5.56 Å². The zero-order chi connectivity index (χ0) is 26.9. The van der Waals surface area contributed by atoms with E-state index in [1.165, 1.54) is 0 Å². The number of nitrogens with zero attached hydrogens (tertiary/aromatic N) is 2. The van der Waals surface area contributed by atoms with Crippen molar-refractivity contribution >= 4 is 27.7 Å². The molecule has 2 aromatic heterocycles. The van der Waals surface area contributed by atoms with Crippen molar-refractivity contribution in [2.75, 3.05) is 0 Å². The van der Waals surface area contributed by atoms with E-state index in [-0.39, 0.29) is 11.8 Å². The number of benzene rings is 5. The molecule has 0 fully saturated rings. The molecule has 2 atom stereocenters. The van der Waals surface area contributed by atoms with Gasteiger partial charge in [0.05, 0.1) is 0 Å². The Bertz CT molecular complexity index is 1920. The monoisotopic (exact) mass is 519 g/mol. The van der Waals surface area contributed by atoms with Crippen molar-refractivity contribution < 1.29 is 13.8 Å². The maximum atomic E-state index is 13.9. The average Bonchev–Trinajstić information content (AvgIpc) is 3.64. The van der Waals surface area contributed by atoms with E-state index >= 15 is 0 Å². The molecule has 0 saturated heterocycles. The lowest BCUT2D eigenvalue weighted by Crippen LogP contribution is -2.39. The van der Waals surface area contributed by atoms with Crippen molar-refractivity contribution in [2.24, 2.45) is 0 Å². The predicted molar refractivity (Wildman–Crippen MR) is 157 cm³/mol. The van der Waals surface area contributed by atoms with Crippen molar-refractivity contribution in [3.63, 3.8) is 0 Å². The summed E-state index contributed by atoms with van der Waals surface area (Å²) in [4.78, 5) is 13.9. The highest BCUT2D eigenvalue weighted by Gasteiger charge is 2.30. The fraction of sp³-hybridized carbons (Fsp3) is 0.0556. The number of carbonyl (C=O) groups excluding carboxylic acids is 1. The van der Waals surface area contributed by atoms with Gasteiger partial charge in [0.25, 0.3) is 0 Å². The van der Waals surface area contributed by atoms with Gasteiger partial charge in [-0.1, -0.05) is 115 Å². The fourth-order valence-electron chi connectivity index (χ4n) is 5.63. The molecule has 0 amide bonds. The van der Waals surface area contributed by atoms with E-state index in [2.05, 4.69) is 59.3 Å². The number of hydrogen-bond donors (Lipinski definition) is 0. The molecule has 0 aliphatic carbocycles. The van der Waals surface area contributed by atoms with Crippen LogP contribution in [0.4, 0.5) is 0 Å². The van der Waals surface area contributed by atoms with Gasteiger partial charge in [0.2, 0.25) is 12.1 Å². The standard InChI is InChI=1S/C36H27N2O2/c39-36(28-16-8-3-9-17-28)35(27-14-6-2-7-15-27)38-23-22-37(25-38)34(26-12-4-1-5-13-26)29-20-21-33-31(24-29)30-18-10-11-19-32(30)40-33/h1-25,34-35H/q+1. The first-order valence-corrected chi connectivity index (χ1v) is 13.4. The molecule has 7 aromatic rings. The molecule has 4 heteroatoms. The maximum Gasteiger partial charge on any atom is 0.245 e. The lowest BCUT2D eigenvalue weighted by atomic mass is 9.96. The van der Waals surface area contributed by atoms with Crippen LogP contribution in [0, 0.1) is 0 Å². The number of fused-ring (bicyclic) bond motifs is 3. The number of carbonyl (C=O) groups is 1. The molecule has 0 bridgehead atoms. The Balaban J connectivity index is 1.36. The SMILES string of the molecule is O=C(c1ccccc1)C(c1ccccc1)n1cc[n+](C(c2ccccc2)c2ccc3oc4ccccc4c3c2)c1. The average molecular weight is 520 g/mol. The number of aromatic nitrogens is 2. The summed E-state index contributed by atoms with van der Waals surface area (Å²) >= 11 is 0. The van der Waals surface area contributed by atoms with Crippen molar-refractivity contribution in [1.82, 2.24) is 4.57 Å². The van der Waals surface area contributed by atoms with Crippen molar-refractivity contribution in [2.45, 2.75) is 12.1 Å². The minimum absolute atomic E-state index is 0.0529. The summed E-state index contributed by atoms with van der Waals surface area (Å²) in [6, 6.07) is 43.9. The van der Waals surface area contributed by atoms with E-state index < -0.39 is 6.04 Å². The van der Waals surface area contributed by atoms with Crippen molar-refractivity contribution in [3.05, 3.63) is 174 Å². The molecule has 0 aliphatic rings. The van der Waals surface area contributed by atoms with Gasteiger partial charge in [-0.3, -0.25) is 4.79 Å². The van der Waals surface area contributed by atoms with Crippen LogP contribution in [0.3, 0.4) is 0 Å². The third-order valence-corrected chi connectivity index (χ3v) is 7.53. The molecule has 5 aromatic carbocycles. The highest BCUT2D eigenvalue weighted by molar-refractivity contribution is 6.05. The van der Waals surface area contributed by atoms with Crippen LogP contribution in [0.5, 0.6) is 0 Å². The zero-order valence-electron chi connectivity index (χ0n) is 21.8. The highest BCUT2D eigenvalue weighted by Crippen LogP contribution is 2.32. The Kier molecular flexibility index (Phi) is 6.06. The van der Waals surface area contributed by atoms with E-state index in [1.54, 1.807) is 0 Å². The van der Waals surface area contributed by atoms with Gasteiger partial charge in [-0.25, -0.2) is 9.13 Å². The topological polar surface area (TPSA) is 39.0 Å². The minimum atomic E-state index is -0.485. The van der Waals surface area contributed by atoms with Gasteiger partial charge in [-0.15, -0.1) is 0 Å². The van der Waals surface area contributed by atoms with Crippen LogP contribution in [0.1, 0.15) is 39.1 Å². The zero-order valence-corrected chi connectivity index (χ0v) is 21.8. The van der Waals surface area contributed by atoms with E-state index in [4.69, 9.17) is 4.42 Å². The molecule has 40 heavy (non-hydrogen) atoms. The predicted octanol–water partition coefficient (Wildman–Crippen LogP) is 7.79. The molecule has 0 saturated carbocycles. The fourth-order valence-corrected chi connectivity index (χ4v) is 5.63. The largest absolute Gasteiger partial charge is 0.456 e. The number of para-hydroxylation sites is 1. The van der Waals surface area contributed by atoms with Crippen molar-refractivity contribution in [1.29, 1.82) is 0 Å². The minimum Gasteiger partial charge on any atom is -0.456 e. The van der Waals surface area contributed by atoms with Gasteiger partial charge in [0, 0.05) is 33.0 Å². The third-order valence-electron chi connectivity index (χ3n) is 7.53. The first kappa shape index (κ1) is 23.9. The molecule has 4 nitrogen and oxygen atoms in total. The van der Waals surface area contributed by atoms with Crippen LogP contribution in [0.15, 0.2) is 157 Å². The van der Waals surface area contributed by atoms with Crippen LogP contribution in [-0.4, -0.2) is 10.4 Å². The lowest BCUT2D eigenvalue weighted by molar-refractivity contribution is -0.704. The number of rotatable bonds is 7. The number of furan rings is 1.